The molecule has 0 aliphatic rings. The van der Waals surface area contributed by atoms with E-state index < -0.39 is 8.32 Å². The molecule has 3 aromatic rings. The molecule has 3 heteroatoms. The van der Waals surface area contributed by atoms with Gasteiger partial charge in [-0.15, -0.1) is 0 Å². The van der Waals surface area contributed by atoms with Crippen LogP contribution >= 0.6 is 0 Å². The van der Waals surface area contributed by atoms with Gasteiger partial charge in [-0.2, -0.15) is 0 Å². The maximum atomic E-state index is 8.97. The van der Waals surface area contributed by atoms with Crippen LogP contribution < -0.4 is 14.8 Å². The van der Waals surface area contributed by atoms with E-state index >= 15 is 0 Å². The van der Waals surface area contributed by atoms with E-state index in [9.17, 15) is 0 Å². The number of aliphatic hydroxyl groups excluding tert-OH is 1. The minimum Gasteiger partial charge on any atom is -0.534 e. The highest BCUT2D eigenvalue weighted by Crippen LogP contribution is 2.37. The Balaban J connectivity index is 2.15. The lowest BCUT2D eigenvalue weighted by atomic mass is 10.2. The molecule has 0 fully saturated rings. The minimum absolute atomic E-state index is 0.0747. The van der Waals surface area contributed by atoms with Crippen molar-refractivity contribution in [3.05, 3.63) is 90.5 Å². The van der Waals surface area contributed by atoms with Gasteiger partial charge in [-0.05, 0) is 33.6 Å². The largest absolute Gasteiger partial charge is 0.534 e. The van der Waals surface area contributed by atoms with Crippen molar-refractivity contribution >= 4 is 18.7 Å². The molecule has 0 saturated heterocycles. The SMILES string of the molecule is CC(C)(C)[Si](Oc1cccc(C#CCCO)c1)(c1ccccc1)c1ccccc1. The first kappa shape index (κ1) is 20.9. The molecule has 3 rings (SSSR count). The molecule has 0 aliphatic carbocycles. The van der Waals surface area contributed by atoms with Gasteiger partial charge in [-0.25, -0.2) is 0 Å². The molecule has 0 bridgehead atoms. The molecule has 0 saturated carbocycles. The summed E-state index contributed by atoms with van der Waals surface area (Å²) >= 11 is 0. The van der Waals surface area contributed by atoms with Gasteiger partial charge in [0.1, 0.15) is 5.75 Å². The maximum absolute atomic E-state index is 8.97. The fourth-order valence-corrected chi connectivity index (χ4v) is 8.10. The fraction of sp³-hybridized carbons (Fsp3) is 0.231. The van der Waals surface area contributed by atoms with Crippen molar-refractivity contribution < 1.29 is 9.53 Å². The summed E-state index contributed by atoms with van der Waals surface area (Å²) in [7, 11) is -2.64. The van der Waals surface area contributed by atoms with E-state index in [1.165, 1.54) is 10.4 Å². The van der Waals surface area contributed by atoms with Crippen molar-refractivity contribution in [3.8, 4) is 17.6 Å². The number of aliphatic hydroxyl groups is 1. The molecule has 0 spiro atoms. The van der Waals surface area contributed by atoms with Gasteiger partial charge in [0, 0.05) is 12.0 Å². The Morgan fingerprint density at radius 2 is 1.41 bits per heavy atom. The first-order chi connectivity index (χ1) is 14.0. The van der Waals surface area contributed by atoms with Crippen molar-refractivity contribution in [2.24, 2.45) is 0 Å². The zero-order valence-electron chi connectivity index (χ0n) is 17.4. The lowest BCUT2D eigenvalue weighted by Crippen LogP contribution is -2.68. The van der Waals surface area contributed by atoms with Gasteiger partial charge in [-0.3, -0.25) is 0 Å². The van der Waals surface area contributed by atoms with Crippen LogP contribution in [0.15, 0.2) is 84.9 Å². The van der Waals surface area contributed by atoms with E-state index in [-0.39, 0.29) is 11.6 Å². The van der Waals surface area contributed by atoms with E-state index in [0.29, 0.717) is 6.42 Å². The summed E-state index contributed by atoms with van der Waals surface area (Å²) in [5, 5.41) is 11.4. The van der Waals surface area contributed by atoms with Crippen molar-refractivity contribution in [2.45, 2.75) is 32.2 Å². The lowest BCUT2D eigenvalue weighted by Gasteiger charge is -2.43. The Labute approximate surface area is 175 Å². The third kappa shape index (κ3) is 4.62. The van der Waals surface area contributed by atoms with Crippen LogP contribution in [0, 0.1) is 11.8 Å². The normalized spacial score (nSPS) is 11.4. The number of benzene rings is 3. The van der Waals surface area contributed by atoms with Crippen LogP contribution in [-0.2, 0) is 0 Å². The monoisotopic (exact) mass is 400 g/mol. The summed E-state index contributed by atoms with van der Waals surface area (Å²) in [5.41, 5.74) is 0.897. The molecule has 2 nitrogen and oxygen atoms in total. The Morgan fingerprint density at radius 1 is 0.828 bits per heavy atom. The molecular formula is C26H28O2Si. The molecule has 0 atom stereocenters. The van der Waals surface area contributed by atoms with Gasteiger partial charge in [-0.1, -0.05) is 99.3 Å². The Morgan fingerprint density at radius 3 is 1.93 bits per heavy atom. The smallest absolute Gasteiger partial charge is 0.319 e. The van der Waals surface area contributed by atoms with Crippen molar-refractivity contribution in [1.29, 1.82) is 0 Å². The number of rotatable bonds is 5. The van der Waals surface area contributed by atoms with Crippen LogP contribution in [0.1, 0.15) is 32.8 Å². The van der Waals surface area contributed by atoms with Crippen LogP contribution in [0.3, 0.4) is 0 Å². The van der Waals surface area contributed by atoms with Gasteiger partial charge in [0.15, 0.2) is 0 Å². The summed E-state index contributed by atoms with van der Waals surface area (Å²) in [5.74, 6) is 6.94. The van der Waals surface area contributed by atoms with Gasteiger partial charge >= 0.3 is 8.32 Å². The molecule has 148 valence electrons. The van der Waals surface area contributed by atoms with Gasteiger partial charge < -0.3 is 9.53 Å². The summed E-state index contributed by atoms with van der Waals surface area (Å²) < 4.78 is 7.01. The predicted molar refractivity (Wildman–Crippen MR) is 123 cm³/mol. The van der Waals surface area contributed by atoms with Crippen molar-refractivity contribution in [3.63, 3.8) is 0 Å². The van der Waals surface area contributed by atoms with Gasteiger partial charge in [0.2, 0.25) is 0 Å². The second-order valence-corrected chi connectivity index (χ2v) is 12.3. The van der Waals surface area contributed by atoms with Crippen LogP contribution in [0.5, 0.6) is 5.75 Å². The molecule has 0 aromatic heterocycles. The lowest BCUT2D eigenvalue weighted by molar-refractivity contribution is 0.305. The number of hydrogen-bond acceptors (Lipinski definition) is 2. The Hall–Kier alpha value is -2.80. The summed E-state index contributed by atoms with van der Waals surface area (Å²) in [6, 6.07) is 29.2. The zero-order valence-corrected chi connectivity index (χ0v) is 18.4. The Bertz CT molecular complexity index is 940. The molecule has 0 aliphatic heterocycles. The average Bonchev–Trinajstić information content (AvgIpc) is 2.73. The first-order valence-corrected chi connectivity index (χ1v) is 11.9. The average molecular weight is 401 g/mol. The van der Waals surface area contributed by atoms with E-state index in [2.05, 4.69) is 81.1 Å². The predicted octanol–water partition coefficient (Wildman–Crippen LogP) is 4.36. The van der Waals surface area contributed by atoms with Gasteiger partial charge in [0.05, 0.1) is 6.61 Å². The molecule has 3 aromatic carbocycles. The summed E-state index contributed by atoms with van der Waals surface area (Å²) in [6.07, 6.45) is 0.472. The van der Waals surface area contributed by atoms with E-state index in [4.69, 9.17) is 9.53 Å². The second-order valence-electron chi connectivity index (χ2n) is 8.07. The highest BCUT2D eigenvalue weighted by Gasteiger charge is 2.52. The van der Waals surface area contributed by atoms with Crippen LogP contribution in [-0.4, -0.2) is 20.0 Å². The van der Waals surface area contributed by atoms with Crippen molar-refractivity contribution in [1.82, 2.24) is 0 Å². The van der Waals surface area contributed by atoms with Gasteiger partial charge in [0.25, 0.3) is 0 Å². The van der Waals surface area contributed by atoms with E-state index in [1.54, 1.807) is 0 Å². The van der Waals surface area contributed by atoms with Crippen LogP contribution in [0.4, 0.5) is 0 Å². The quantitative estimate of drug-likeness (QED) is 0.509. The third-order valence-electron chi connectivity index (χ3n) is 4.99. The summed E-state index contributed by atoms with van der Waals surface area (Å²) in [4.78, 5) is 0. The molecule has 0 amide bonds. The van der Waals surface area contributed by atoms with Crippen LogP contribution in [0.25, 0.3) is 0 Å². The first-order valence-electron chi connectivity index (χ1n) is 9.97. The molecule has 0 radical (unpaired) electrons. The summed E-state index contributed by atoms with van der Waals surface area (Å²) in [6.45, 7) is 6.88. The highest BCUT2D eigenvalue weighted by molar-refractivity contribution is 7.00. The maximum Gasteiger partial charge on any atom is 0.319 e. The van der Waals surface area contributed by atoms with Crippen molar-refractivity contribution in [2.75, 3.05) is 6.61 Å². The minimum atomic E-state index is -2.64. The second kappa shape index (κ2) is 9.13. The molecule has 1 N–H and O–H groups in total. The topological polar surface area (TPSA) is 29.5 Å². The van der Waals surface area contributed by atoms with E-state index in [0.717, 1.165) is 11.3 Å². The fourth-order valence-electron chi connectivity index (χ4n) is 3.68. The van der Waals surface area contributed by atoms with E-state index in [1.807, 2.05) is 36.4 Å². The molecular weight excluding hydrogens is 372 g/mol. The highest BCUT2D eigenvalue weighted by atomic mass is 28.4. The molecule has 0 heterocycles. The number of hydrogen-bond donors (Lipinski definition) is 1. The van der Waals surface area contributed by atoms with Crippen LogP contribution in [0.2, 0.25) is 5.04 Å². The zero-order chi connectivity index (χ0) is 20.7. The third-order valence-corrected chi connectivity index (χ3v) is 9.94. The standard InChI is InChI=1S/C26H28O2Si/c1-26(2,3)29(24-16-6-4-7-17-24,25-18-8-5-9-19-25)28-23-15-12-14-22(21-23)13-10-11-20-27/h4-9,12,14-19,21,27H,11,20H2,1-3H3. The molecule has 0 unspecified atom stereocenters. The molecule has 29 heavy (non-hydrogen) atoms. The Kier molecular flexibility index (Phi) is 6.59.